The Morgan fingerprint density at radius 2 is 2.11 bits per heavy atom. The number of anilines is 1. The molecule has 0 radical (unpaired) electrons. The average molecular weight is 425 g/mol. The zero-order valence-electron chi connectivity index (χ0n) is 14.7. The molecule has 1 aromatic carbocycles. The van der Waals surface area contributed by atoms with E-state index in [1.165, 1.54) is 11.3 Å². The highest BCUT2D eigenvalue weighted by atomic mass is 35.5. The Morgan fingerprint density at radius 3 is 2.89 bits per heavy atom. The van der Waals surface area contributed by atoms with Gasteiger partial charge in [-0.3, -0.25) is 4.79 Å². The van der Waals surface area contributed by atoms with Crippen molar-refractivity contribution in [3.63, 3.8) is 0 Å². The van der Waals surface area contributed by atoms with Crippen molar-refractivity contribution < 1.29 is 9.21 Å². The molecule has 27 heavy (non-hydrogen) atoms. The summed E-state index contributed by atoms with van der Waals surface area (Å²) in [6.07, 6.45) is 5.24. The fourth-order valence-corrected chi connectivity index (χ4v) is 3.67. The summed E-state index contributed by atoms with van der Waals surface area (Å²) in [7, 11) is 0. The van der Waals surface area contributed by atoms with Crippen molar-refractivity contribution in [1.29, 1.82) is 0 Å². The van der Waals surface area contributed by atoms with Crippen LogP contribution in [0.4, 0.5) is 5.13 Å². The van der Waals surface area contributed by atoms with E-state index in [9.17, 15) is 4.79 Å². The monoisotopic (exact) mass is 424 g/mol. The number of oxazole rings is 1. The second-order valence-corrected chi connectivity index (χ2v) is 7.80. The Bertz CT molecular complexity index is 926. The Hall–Kier alpha value is -1.96. The summed E-state index contributed by atoms with van der Waals surface area (Å²) in [4.78, 5) is 16.3. The quantitative estimate of drug-likeness (QED) is 0.522. The van der Waals surface area contributed by atoms with Gasteiger partial charge in [0.05, 0.1) is 11.2 Å². The topological polar surface area (TPSA) is 80.9 Å². The van der Waals surface area contributed by atoms with Gasteiger partial charge in [0.2, 0.25) is 11.0 Å². The Labute approximate surface area is 170 Å². The average Bonchev–Trinajstić information content (AvgIpc) is 3.28. The maximum absolute atomic E-state index is 12.1. The van der Waals surface area contributed by atoms with Crippen molar-refractivity contribution >= 4 is 45.6 Å². The number of nitrogens with one attached hydrogen (secondary N) is 1. The van der Waals surface area contributed by atoms with E-state index in [-0.39, 0.29) is 12.3 Å². The van der Waals surface area contributed by atoms with Gasteiger partial charge in [0.25, 0.3) is 0 Å². The second kappa shape index (κ2) is 9.30. The molecule has 2 aromatic heterocycles. The highest BCUT2D eigenvalue weighted by Gasteiger charge is 2.13. The number of hydrogen-bond donors (Lipinski definition) is 1. The first kappa shape index (κ1) is 19.8. The molecular formula is C18H18Cl2N4O2S. The van der Waals surface area contributed by atoms with E-state index < -0.39 is 0 Å². The van der Waals surface area contributed by atoms with E-state index in [0.29, 0.717) is 38.8 Å². The van der Waals surface area contributed by atoms with Crippen molar-refractivity contribution in [1.82, 2.24) is 15.2 Å². The molecule has 0 aliphatic rings. The van der Waals surface area contributed by atoms with Gasteiger partial charge in [-0.1, -0.05) is 47.9 Å². The number of hydrogen-bond acceptors (Lipinski definition) is 6. The maximum atomic E-state index is 12.1. The third-order valence-electron chi connectivity index (χ3n) is 3.77. The molecule has 142 valence electrons. The van der Waals surface area contributed by atoms with Crippen molar-refractivity contribution in [2.45, 2.75) is 39.0 Å². The highest BCUT2D eigenvalue weighted by molar-refractivity contribution is 7.15. The first-order valence-electron chi connectivity index (χ1n) is 8.57. The molecule has 3 rings (SSSR count). The zero-order chi connectivity index (χ0) is 19.2. The van der Waals surface area contributed by atoms with Crippen LogP contribution in [0, 0.1) is 0 Å². The number of carbonyl (C=O) groups is 1. The fraction of sp³-hybridized carbons (Fsp3) is 0.333. The van der Waals surface area contributed by atoms with Crippen molar-refractivity contribution in [2.75, 3.05) is 5.32 Å². The molecule has 0 saturated heterocycles. The molecule has 3 aromatic rings. The number of aryl methyl sites for hydroxylation is 2. The van der Waals surface area contributed by atoms with Gasteiger partial charge in [0.1, 0.15) is 5.01 Å². The molecule has 0 unspecified atom stereocenters. The first-order chi connectivity index (χ1) is 13.0. The number of aromatic nitrogens is 3. The van der Waals surface area contributed by atoms with E-state index >= 15 is 0 Å². The molecule has 1 amide bonds. The number of rotatable bonds is 8. The van der Waals surface area contributed by atoms with Crippen LogP contribution in [0.1, 0.15) is 37.1 Å². The zero-order valence-corrected chi connectivity index (χ0v) is 17.0. The molecule has 0 bridgehead atoms. The lowest BCUT2D eigenvalue weighted by Crippen LogP contribution is -2.12. The molecule has 0 aliphatic carbocycles. The minimum Gasteiger partial charge on any atom is -0.441 e. The molecule has 0 saturated carbocycles. The van der Waals surface area contributed by atoms with Gasteiger partial charge in [0, 0.05) is 29.8 Å². The van der Waals surface area contributed by atoms with Crippen LogP contribution in [0.2, 0.25) is 10.0 Å². The molecule has 0 atom stereocenters. The molecular weight excluding hydrogens is 407 g/mol. The summed E-state index contributed by atoms with van der Waals surface area (Å²) in [6, 6.07) is 5.15. The van der Waals surface area contributed by atoms with Gasteiger partial charge >= 0.3 is 0 Å². The maximum Gasteiger partial charge on any atom is 0.226 e. The standard InChI is InChI=1S/C18H18Cl2N4O2S/c1-2-3-4-17-23-24-18(27-17)22-15(25)7-8-16-21-10-14(26-16)12-6-5-11(19)9-13(12)20/h5-6,9-10H,2-4,7-8H2,1H3,(H,22,24,25). The lowest BCUT2D eigenvalue weighted by atomic mass is 10.2. The number of nitrogens with zero attached hydrogens (tertiary/aromatic N) is 3. The minimum absolute atomic E-state index is 0.155. The number of benzene rings is 1. The summed E-state index contributed by atoms with van der Waals surface area (Å²) >= 11 is 13.5. The number of unbranched alkanes of at least 4 members (excludes halogenated alkanes) is 1. The van der Waals surface area contributed by atoms with Crippen LogP contribution in [0.3, 0.4) is 0 Å². The molecule has 1 N–H and O–H groups in total. The van der Waals surface area contributed by atoms with Crippen LogP contribution in [0.25, 0.3) is 11.3 Å². The number of amides is 1. The Kier molecular flexibility index (Phi) is 6.82. The van der Waals surface area contributed by atoms with Crippen LogP contribution in [0.5, 0.6) is 0 Å². The van der Waals surface area contributed by atoms with Crippen molar-refractivity contribution in [3.8, 4) is 11.3 Å². The van der Waals surface area contributed by atoms with Gasteiger partial charge in [-0.25, -0.2) is 4.98 Å². The largest absolute Gasteiger partial charge is 0.441 e. The van der Waals surface area contributed by atoms with Gasteiger partial charge in [-0.05, 0) is 24.6 Å². The van der Waals surface area contributed by atoms with Gasteiger partial charge in [0.15, 0.2) is 11.7 Å². The second-order valence-electron chi connectivity index (χ2n) is 5.90. The number of halogens is 2. The lowest BCUT2D eigenvalue weighted by molar-refractivity contribution is -0.116. The molecule has 0 fully saturated rings. The molecule has 0 spiro atoms. The summed E-state index contributed by atoms with van der Waals surface area (Å²) in [6.45, 7) is 2.12. The number of carbonyl (C=O) groups excluding carboxylic acids is 1. The van der Waals surface area contributed by atoms with Crippen molar-refractivity contribution in [3.05, 3.63) is 45.3 Å². The minimum atomic E-state index is -0.155. The van der Waals surface area contributed by atoms with Crippen LogP contribution in [0.15, 0.2) is 28.8 Å². The van der Waals surface area contributed by atoms with Crippen LogP contribution >= 0.6 is 34.5 Å². The third-order valence-corrected chi connectivity index (χ3v) is 5.22. The van der Waals surface area contributed by atoms with Gasteiger partial charge in [-0.2, -0.15) is 0 Å². The van der Waals surface area contributed by atoms with E-state index in [2.05, 4.69) is 27.4 Å². The summed E-state index contributed by atoms with van der Waals surface area (Å²) in [5.74, 6) is 0.848. The van der Waals surface area contributed by atoms with Crippen LogP contribution in [-0.4, -0.2) is 21.1 Å². The van der Waals surface area contributed by atoms with Crippen molar-refractivity contribution in [2.24, 2.45) is 0 Å². The molecule has 9 heteroatoms. The van der Waals surface area contributed by atoms with E-state index in [1.54, 1.807) is 24.4 Å². The van der Waals surface area contributed by atoms with Crippen LogP contribution < -0.4 is 5.32 Å². The third kappa shape index (κ3) is 5.51. The molecule has 0 aliphatic heterocycles. The Balaban J connectivity index is 1.53. The normalized spacial score (nSPS) is 10.9. The van der Waals surface area contributed by atoms with E-state index in [4.69, 9.17) is 27.6 Å². The highest BCUT2D eigenvalue weighted by Crippen LogP contribution is 2.30. The smallest absolute Gasteiger partial charge is 0.226 e. The summed E-state index contributed by atoms with van der Waals surface area (Å²) in [5, 5.41) is 13.3. The predicted octanol–water partition coefficient (Wildman–Crippen LogP) is 5.41. The SMILES string of the molecule is CCCCc1nnc(NC(=O)CCc2ncc(-c3ccc(Cl)cc3Cl)o2)s1. The van der Waals surface area contributed by atoms with Crippen LogP contribution in [-0.2, 0) is 17.6 Å². The van der Waals surface area contributed by atoms with E-state index in [1.807, 2.05) is 0 Å². The Morgan fingerprint density at radius 1 is 1.26 bits per heavy atom. The van der Waals surface area contributed by atoms with E-state index in [0.717, 1.165) is 24.3 Å². The fourth-order valence-electron chi connectivity index (χ4n) is 2.38. The van der Waals surface area contributed by atoms with Gasteiger partial charge < -0.3 is 9.73 Å². The molecule has 6 nitrogen and oxygen atoms in total. The summed E-state index contributed by atoms with van der Waals surface area (Å²) < 4.78 is 5.70. The summed E-state index contributed by atoms with van der Waals surface area (Å²) in [5.41, 5.74) is 0.706. The van der Waals surface area contributed by atoms with Gasteiger partial charge in [-0.15, -0.1) is 10.2 Å². The predicted molar refractivity (Wildman–Crippen MR) is 107 cm³/mol. The first-order valence-corrected chi connectivity index (χ1v) is 10.1. The lowest BCUT2D eigenvalue weighted by Gasteiger charge is -2.01. The molecule has 2 heterocycles.